The number of nitrogens with one attached hydrogen (secondary N) is 1. The second kappa shape index (κ2) is 12.4. The average Bonchev–Trinajstić information content (AvgIpc) is 3.60. The number of nitrogens with zero attached hydrogens (tertiary/aromatic N) is 4. The van der Waals surface area contributed by atoms with Gasteiger partial charge < -0.3 is 19.7 Å². The van der Waals surface area contributed by atoms with Crippen LogP contribution in [0.1, 0.15) is 63.5 Å². The molecule has 2 heterocycles. The van der Waals surface area contributed by atoms with Crippen molar-refractivity contribution in [2.75, 3.05) is 19.8 Å². The molecule has 1 saturated carbocycles. The van der Waals surface area contributed by atoms with E-state index in [0.29, 0.717) is 19.8 Å². The Balaban J connectivity index is 1.47. The number of amides is 2. The van der Waals surface area contributed by atoms with Crippen molar-refractivity contribution in [2.45, 2.75) is 76.6 Å². The van der Waals surface area contributed by atoms with Crippen LogP contribution in [0.5, 0.6) is 5.75 Å². The molecular formula is C29H37N5O4. The second-order valence-corrected chi connectivity index (χ2v) is 10.2. The van der Waals surface area contributed by atoms with Gasteiger partial charge in [-0.3, -0.25) is 9.59 Å². The van der Waals surface area contributed by atoms with Crippen LogP contribution in [0.15, 0.2) is 48.5 Å². The van der Waals surface area contributed by atoms with Crippen LogP contribution in [-0.2, 0) is 20.9 Å². The molecule has 9 heteroatoms. The zero-order valence-electron chi connectivity index (χ0n) is 22.1. The number of benzene rings is 2. The number of hydrogen-bond acceptors (Lipinski definition) is 6. The lowest BCUT2D eigenvalue weighted by atomic mass is 9.94. The van der Waals surface area contributed by atoms with E-state index in [4.69, 9.17) is 9.47 Å². The highest BCUT2D eigenvalue weighted by molar-refractivity contribution is 5.89. The van der Waals surface area contributed by atoms with Crippen LogP contribution in [0.4, 0.5) is 0 Å². The van der Waals surface area contributed by atoms with Gasteiger partial charge in [-0.15, -0.1) is 5.10 Å². The van der Waals surface area contributed by atoms with E-state index in [1.807, 2.05) is 55.5 Å². The highest BCUT2D eigenvalue weighted by Gasteiger charge is 2.35. The van der Waals surface area contributed by atoms with Crippen LogP contribution < -0.4 is 10.1 Å². The van der Waals surface area contributed by atoms with Gasteiger partial charge in [-0.05, 0) is 62.4 Å². The summed E-state index contributed by atoms with van der Waals surface area (Å²) in [6.45, 7) is 3.48. The maximum absolute atomic E-state index is 14.0. The molecule has 1 aliphatic heterocycles. The van der Waals surface area contributed by atoms with Crippen molar-refractivity contribution in [2.24, 2.45) is 0 Å². The quantitative estimate of drug-likeness (QED) is 0.434. The number of hydrogen-bond donors (Lipinski definition) is 1. The number of carbonyl (C=O) groups excluding carboxylic acids is 2. The van der Waals surface area contributed by atoms with E-state index in [0.717, 1.165) is 60.9 Å². The third-order valence-electron chi connectivity index (χ3n) is 7.47. The Morgan fingerprint density at radius 2 is 1.87 bits per heavy atom. The van der Waals surface area contributed by atoms with Gasteiger partial charge in [-0.1, -0.05) is 48.7 Å². The number of carbonyl (C=O) groups is 2. The Bertz CT molecular complexity index is 1220. The Morgan fingerprint density at radius 3 is 2.61 bits per heavy atom. The van der Waals surface area contributed by atoms with Crippen molar-refractivity contribution in [3.05, 3.63) is 54.1 Å². The Morgan fingerprint density at radius 1 is 1.08 bits per heavy atom. The molecule has 2 amide bonds. The summed E-state index contributed by atoms with van der Waals surface area (Å²) in [5, 5.41) is 11.7. The molecule has 0 bridgehead atoms. The van der Waals surface area contributed by atoms with Crippen molar-refractivity contribution < 1.29 is 19.1 Å². The molecule has 1 aromatic heterocycles. The predicted octanol–water partition coefficient (Wildman–Crippen LogP) is 4.03. The summed E-state index contributed by atoms with van der Waals surface area (Å²) in [5.74, 6) is 0.374. The topological polar surface area (TPSA) is 98.6 Å². The number of aromatic nitrogens is 3. The molecule has 1 saturated heterocycles. The minimum Gasteiger partial charge on any atom is -0.494 e. The molecule has 3 aromatic rings. The van der Waals surface area contributed by atoms with Gasteiger partial charge in [0.15, 0.2) is 0 Å². The SMILES string of the molecule is CCOc1ccc(C(C(=O)NC2CCCCC2)N(CC2CCCO2)C(=O)Cn2nnc3ccccc32)cc1. The van der Waals surface area contributed by atoms with Gasteiger partial charge in [0.05, 0.1) is 18.2 Å². The molecule has 0 spiro atoms. The molecule has 2 fully saturated rings. The first-order chi connectivity index (χ1) is 18.6. The molecular weight excluding hydrogens is 482 g/mol. The first kappa shape index (κ1) is 26.2. The maximum Gasteiger partial charge on any atom is 0.247 e. The molecule has 2 aliphatic rings. The summed E-state index contributed by atoms with van der Waals surface area (Å²) >= 11 is 0. The van der Waals surface area contributed by atoms with Crippen LogP contribution in [0.25, 0.3) is 11.0 Å². The molecule has 9 nitrogen and oxygen atoms in total. The lowest BCUT2D eigenvalue weighted by molar-refractivity contribution is -0.143. The van der Waals surface area contributed by atoms with E-state index in [1.54, 1.807) is 9.58 Å². The van der Waals surface area contributed by atoms with Gasteiger partial charge in [0.2, 0.25) is 11.8 Å². The minimum absolute atomic E-state index is 0.0164. The largest absolute Gasteiger partial charge is 0.494 e. The number of ether oxygens (including phenoxy) is 2. The monoisotopic (exact) mass is 519 g/mol. The van der Waals surface area contributed by atoms with E-state index in [9.17, 15) is 9.59 Å². The van der Waals surface area contributed by atoms with E-state index < -0.39 is 6.04 Å². The van der Waals surface area contributed by atoms with Crippen molar-refractivity contribution in [1.29, 1.82) is 0 Å². The lowest BCUT2D eigenvalue weighted by Crippen LogP contribution is -2.49. The number of fused-ring (bicyclic) bond motifs is 1. The summed E-state index contributed by atoms with van der Waals surface area (Å²) in [6, 6.07) is 14.4. The fourth-order valence-electron chi connectivity index (χ4n) is 5.52. The van der Waals surface area contributed by atoms with Crippen molar-refractivity contribution in [1.82, 2.24) is 25.2 Å². The zero-order chi connectivity index (χ0) is 26.3. The minimum atomic E-state index is -0.793. The first-order valence-corrected chi connectivity index (χ1v) is 13.8. The standard InChI is InChI=1S/C29H37N5O4/c1-2-37-23-16-14-21(15-17-23)28(29(36)30-22-9-4-3-5-10-22)33(19-24-11-8-18-38-24)27(35)20-34-26-13-7-6-12-25(26)31-32-34/h6-7,12-17,22,24,28H,2-5,8-11,18-20H2,1H3,(H,30,36). The fourth-order valence-corrected chi connectivity index (χ4v) is 5.52. The Hall–Kier alpha value is -3.46. The smallest absolute Gasteiger partial charge is 0.247 e. The van der Waals surface area contributed by atoms with Crippen LogP contribution in [-0.4, -0.2) is 63.6 Å². The van der Waals surface area contributed by atoms with Gasteiger partial charge in [-0.2, -0.15) is 0 Å². The Kier molecular flexibility index (Phi) is 8.53. The fraction of sp³-hybridized carbons (Fsp3) is 0.517. The average molecular weight is 520 g/mol. The summed E-state index contributed by atoms with van der Waals surface area (Å²) in [5.41, 5.74) is 2.25. The molecule has 38 heavy (non-hydrogen) atoms. The molecule has 2 atom stereocenters. The Labute approximate surface area is 223 Å². The molecule has 1 aliphatic carbocycles. The van der Waals surface area contributed by atoms with E-state index in [2.05, 4.69) is 15.6 Å². The maximum atomic E-state index is 14.0. The van der Waals surface area contributed by atoms with Crippen LogP contribution >= 0.6 is 0 Å². The van der Waals surface area contributed by atoms with Crippen LogP contribution in [0.2, 0.25) is 0 Å². The van der Waals surface area contributed by atoms with E-state index in [-0.39, 0.29) is 30.5 Å². The second-order valence-electron chi connectivity index (χ2n) is 10.2. The first-order valence-electron chi connectivity index (χ1n) is 13.8. The molecule has 2 unspecified atom stereocenters. The van der Waals surface area contributed by atoms with Gasteiger partial charge in [-0.25, -0.2) is 4.68 Å². The summed E-state index contributed by atoms with van der Waals surface area (Å²) < 4.78 is 13.2. The lowest BCUT2D eigenvalue weighted by Gasteiger charge is -2.34. The summed E-state index contributed by atoms with van der Waals surface area (Å²) in [7, 11) is 0. The van der Waals surface area contributed by atoms with E-state index >= 15 is 0 Å². The van der Waals surface area contributed by atoms with Crippen molar-refractivity contribution in [3.63, 3.8) is 0 Å². The predicted molar refractivity (Wildman–Crippen MR) is 144 cm³/mol. The molecule has 1 N–H and O–H groups in total. The molecule has 2 aromatic carbocycles. The van der Waals surface area contributed by atoms with Gasteiger partial charge in [0, 0.05) is 19.2 Å². The van der Waals surface area contributed by atoms with Crippen molar-refractivity contribution in [3.8, 4) is 5.75 Å². The van der Waals surface area contributed by atoms with Gasteiger partial charge in [0.1, 0.15) is 23.9 Å². The van der Waals surface area contributed by atoms with Crippen LogP contribution in [0.3, 0.4) is 0 Å². The zero-order valence-corrected chi connectivity index (χ0v) is 22.1. The molecule has 0 radical (unpaired) electrons. The van der Waals surface area contributed by atoms with E-state index in [1.165, 1.54) is 6.42 Å². The third-order valence-corrected chi connectivity index (χ3v) is 7.47. The normalized spacial score (nSPS) is 18.8. The third kappa shape index (κ3) is 6.15. The molecule has 202 valence electrons. The van der Waals surface area contributed by atoms with Crippen molar-refractivity contribution >= 4 is 22.8 Å². The summed E-state index contributed by atoms with van der Waals surface area (Å²) in [6.07, 6.45) is 7.04. The molecule has 5 rings (SSSR count). The number of para-hydroxylation sites is 1. The highest BCUT2D eigenvalue weighted by Crippen LogP contribution is 2.28. The summed E-state index contributed by atoms with van der Waals surface area (Å²) in [4.78, 5) is 29.6. The van der Waals surface area contributed by atoms with Gasteiger partial charge >= 0.3 is 0 Å². The number of rotatable bonds is 10. The highest BCUT2D eigenvalue weighted by atomic mass is 16.5. The van der Waals surface area contributed by atoms with Gasteiger partial charge in [0.25, 0.3) is 0 Å². The van der Waals surface area contributed by atoms with Crippen LogP contribution in [0, 0.1) is 0 Å².